The molecule has 3 aromatic heterocycles. The van der Waals surface area contributed by atoms with Gasteiger partial charge in [0.2, 0.25) is 12.3 Å². The number of likely N-dealkylation sites (tertiary alicyclic amines) is 1. The summed E-state index contributed by atoms with van der Waals surface area (Å²) in [4.78, 5) is 64.3. The summed E-state index contributed by atoms with van der Waals surface area (Å²) in [5, 5.41) is 7.81. The Kier molecular flexibility index (Phi) is 21.9. The van der Waals surface area contributed by atoms with Crippen molar-refractivity contribution in [3.8, 4) is 22.5 Å². The molecule has 18 heteroatoms. The molecule has 0 aliphatic carbocycles. The van der Waals surface area contributed by atoms with Crippen LogP contribution in [0.1, 0.15) is 83.7 Å². The van der Waals surface area contributed by atoms with E-state index in [1.807, 2.05) is 32.2 Å². The molecule has 6 rings (SSSR count). The van der Waals surface area contributed by atoms with Crippen molar-refractivity contribution in [2.75, 3.05) is 54.6 Å². The fraction of sp³-hybridized carbons (Fsp3) is 0.583. The molecule has 15 nitrogen and oxygen atoms in total. The number of ether oxygens (including phenoxy) is 3. The molecule has 5 heterocycles. The number of pyridine rings is 1. The van der Waals surface area contributed by atoms with E-state index in [1.165, 1.54) is 15.6 Å². The number of thiazole rings is 1. The van der Waals surface area contributed by atoms with Crippen LogP contribution in [0.5, 0.6) is 0 Å². The van der Waals surface area contributed by atoms with Gasteiger partial charge in [0.25, 0.3) is 12.4 Å². The summed E-state index contributed by atoms with van der Waals surface area (Å²) in [6.45, 7) is 18.1. The third-order valence-corrected chi connectivity index (χ3v) is 14.3. The first kappa shape index (κ1) is 55.0. The van der Waals surface area contributed by atoms with Crippen LogP contribution in [0.3, 0.4) is 0 Å². The van der Waals surface area contributed by atoms with Crippen LogP contribution in [0, 0.1) is 11.3 Å². The number of methoxy groups -OCH3 is 2. The number of aryl methyl sites for hydroxylation is 1. The van der Waals surface area contributed by atoms with Crippen LogP contribution in [0.25, 0.3) is 33.4 Å². The molecule has 0 spiro atoms. The van der Waals surface area contributed by atoms with Crippen LogP contribution in [0.15, 0.2) is 41.9 Å². The van der Waals surface area contributed by atoms with Crippen LogP contribution in [-0.2, 0) is 52.8 Å². The molecule has 362 valence electrons. The number of hydrazine groups is 1. The van der Waals surface area contributed by atoms with Gasteiger partial charge >= 0.3 is 27.9 Å². The number of likely N-dealkylation sites (N-methyl/N-ethyl adjacent to an activating group) is 1. The van der Waals surface area contributed by atoms with Crippen molar-refractivity contribution in [1.29, 1.82) is 0 Å². The third-order valence-electron chi connectivity index (χ3n) is 12.0. The number of benzene rings is 1. The van der Waals surface area contributed by atoms with Crippen LogP contribution < -0.4 is 10.7 Å². The van der Waals surface area contributed by atoms with E-state index >= 15 is 0 Å². The molecule has 4 aromatic rings. The predicted octanol–water partition coefficient (Wildman–Crippen LogP) is 6.75. The number of aromatic nitrogens is 3. The average Bonchev–Trinajstić information content (AvgIpc) is 3.93. The van der Waals surface area contributed by atoms with Crippen molar-refractivity contribution in [3.63, 3.8) is 0 Å². The van der Waals surface area contributed by atoms with Gasteiger partial charge < -0.3 is 24.1 Å². The van der Waals surface area contributed by atoms with Gasteiger partial charge in [-0.2, -0.15) is 0 Å². The Hall–Kier alpha value is -3.57. The minimum absolute atomic E-state index is 0.0862. The van der Waals surface area contributed by atoms with Crippen molar-refractivity contribution in [2.24, 2.45) is 11.3 Å². The number of rotatable bonds is 20. The number of amides is 3. The van der Waals surface area contributed by atoms with Crippen LogP contribution >= 0.6 is 23.3 Å². The van der Waals surface area contributed by atoms with Crippen LogP contribution in [0.4, 0.5) is 0 Å². The number of nitrogens with one attached hydrogen (secondary N) is 2. The summed E-state index contributed by atoms with van der Waals surface area (Å²) in [5.74, 6) is -0.612. The van der Waals surface area contributed by atoms with Gasteiger partial charge in [-0.15, -0.1) is 11.3 Å². The van der Waals surface area contributed by atoms with Gasteiger partial charge in [0.15, 0.2) is 0 Å². The first-order valence-corrected chi connectivity index (χ1v) is 26.9. The third kappa shape index (κ3) is 14.0. The standard InChI is InChI=1S/C41H55N7O6S2.C6H13NO.CH3.Sb/c1-9-47-34-15-14-28(19-30(34)31(21-41(5,6)23-54-25-50)37(47)29-13-12-16-42-36(29)27(4)53-8)33-22-55-35(44-33)20-32(40(52)48-18-11-10-17-43-48)45-39(51)38(26(2)3)56-46(7)24-49;1-5-6(8-3)4-7(5)2;;/h12-16,19,22,24-27,32,38,43H,9-11,17-18,20-21,23H2,1-8H3,(H,45,51);5-6H,4H2,1-3H3;1H3;. The minimum atomic E-state index is -0.857. The van der Waals surface area contributed by atoms with Crippen molar-refractivity contribution in [2.45, 2.75) is 115 Å². The predicted molar refractivity (Wildman–Crippen MR) is 266 cm³/mol. The van der Waals surface area contributed by atoms with Gasteiger partial charge in [0, 0.05) is 98.9 Å². The first-order valence-electron chi connectivity index (χ1n) is 22.6. The Balaban J connectivity index is 0.000000849. The van der Waals surface area contributed by atoms with Crippen LogP contribution in [0.2, 0.25) is 4.87 Å². The van der Waals surface area contributed by atoms with E-state index in [9.17, 15) is 19.2 Å². The fourth-order valence-corrected chi connectivity index (χ4v) is 9.83. The normalized spacial score (nSPS) is 17.6. The molecule has 2 N–H and O–H groups in total. The zero-order valence-corrected chi connectivity index (χ0v) is 45.0. The summed E-state index contributed by atoms with van der Waals surface area (Å²) < 4.78 is 19.9. The number of fused-ring (bicyclic) bond motifs is 1. The van der Waals surface area contributed by atoms with E-state index in [4.69, 9.17) is 24.2 Å². The van der Waals surface area contributed by atoms with Crippen molar-refractivity contribution < 1.29 is 33.4 Å². The maximum absolute atomic E-state index is 13.9. The summed E-state index contributed by atoms with van der Waals surface area (Å²) >= 11 is 4.34. The molecule has 2 saturated heterocycles. The summed E-state index contributed by atoms with van der Waals surface area (Å²) in [6, 6.07) is 10.2. The Morgan fingerprint density at radius 2 is 1.89 bits per heavy atom. The number of hydrogen-bond donors (Lipinski definition) is 2. The van der Waals surface area contributed by atoms with Gasteiger partial charge in [-0.1, -0.05) is 33.8 Å². The molecule has 1 aromatic carbocycles. The molecule has 0 saturated carbocycles. The molecule has 2 radical (unpaired) electrons. The number of hydrogen-bond acceptors (Lipinski definition) is 13. The van der Waals surface area contributed by atoms with Gasteiger partial charge in [-0.3, -0.25) is 38.4 Å². The molecule has 2 aliphatic heterocycles. The molecule has 0 bridgehead atoms. The maximum atomic E-state index is 13.9. The van der Waals surface area contributed by atoms with E-state index in [2.05, 4.69) is 84.1 Å². The molecule has 5 unspecified atom stereocenters. The topological polar surface area (TPSA) is 160 Å². The van der Waals surface area contributed by atoms with E-state index in [0.29, 0.717) is 56.1 Å². The molecule has 3 amide bonds. The van der Waals surface area contributed by atoms with Crippen molar-refractivity contribution in [1.82, 2.24) is 39.5 Å². The van der Waals surface area contributed by atoms with Gasteiger partial charge in [-0.05, 0) is 94.8 Å². The fourth-order valence-electron chi connectivity index (χ4n) is 8.17. The molecule has 66 heavy (non-hydrogen) atoms. The van der Waals surface area contributed by atoms with E-state index in [-0.39, 0.29) is 42.3 Å². The Bertz CT molecular complexity index is 2200. The van der Waals surface area contributed by atoms with Crippen molar-refractivity contribution in [3.05, 3.63) is 58.2 Å². The monoisotopic (exact) mass is 1060 g/mol. The second kappa shape index (κ2) is 26.3. The molecule has 2 aliphatic rings. The summed E-state index contributed by atoms with van der Waals surface area (Å²) in [5.41, 5.74) is 9.52. The second-order valence-electron chi connectivity index (χ2n) is 17.7. The molecular weight excluding hydrogens is 986 g/mol. The summed E-state index contributed by atoms with van der Waals surface area (Å²) in [6.07, 6.45) is 5.37. The molecule has 2 fully saturated rings. The second-order valence-corrected chi connectivity index (χ2v) is 20.0. The van der Waals surface area contributed by atoms with Crippen molar-refractivity contribution >= 4 is 81.9 Å². The Morgan fingerprint density at radius 3 is 2.47 bits per heavy atom. The first-order chi connectivity index (χ1) is 31.6. The quantitative estimate of drug-likeness (QED) is 0.0546. The Labute approximate surface area is 414 Å². The SMILES string of the molecule is CCn1c(-c2cccnc2C(C)OC)c(CC(C)(C)COC=O)c2cc(-c3csc(CC(NC(=O)C(SN(C)C=O)C(C)C)C(=O)N4CCCCN4)n3)ccc21.COC1CN(C)C1C.[CH3][Sb]. The van der Waals surface area contributed by atoms with Crippen LogP contribution in [-0.4, -0.2) is 154 Å². The van der Waals surface area contributed by atoms with E-state index < -0.39 is 11.3 Å². The van der Waals surface area contributed by atoms with Gasteiger partial charge in [-0.25, -0.2) is 10.4 Å². The van der Waals surface area contributed by atoms with Gasteiger partial charge in [0.1, 0.15) is 11.3 Å². The number of nitrogens with zero attached hydrogens (tertiary/aromatic N) is 6. The molecule has 5 atom stereocenters. The van der Waals surface area contributed by atoms with Gasteiger partial charge in [0.05, 0.1) is 40.9 Å². The van der Waals surface area contributed by atoms with E-state index in [0.717, 1.165) is 76.0 Å². The molecular formula is C48H71N8O7S2Sb. The zero-order valence-electron chi connectivity index (χ0n) is 40.8. The number of carbonyl (C=O) groups is 4. The number of carbonyl (C=O) groups excluding carboxylic acids is 4. The summed E-state index contributed by atoms with van der Waals surface area (Å²) in [7, 11) is 7.17. The average molecular weight is 1060 g/mol. The zero-order chi connectivity index (χ0) is 48.7. The Morgan fingerprint density at radius 1 is 1.15 bits per heavy atom. The van der Waals surface area contributed by atoms with E-state index in [1.54, 1.807) is 55.5 Å².